The van der Waals surface area contributed by atoms with E-state index >= 15 is 0 Å². The summed E-state index contributed by atoms with van der Waals surface area (Å²) in [6.07, 6.45) is 0. The minimum Gasteiger partial charge on any atom is -0.452 e. The molecular formula is C18H19NO3. The molecule has 4 heteroatoms. The summed E-state index contributed by atoms with van der Waals surface area (Å²) in [7, 11) is 0. The molecule has 0 saturated carbocycles. The first kappa shape index (κ1) is 15.8. The number of carbonyl (C=O) groups excluding carboxylic acids is 2. The quantitative estimate of drug-likeness (QED) is 0.880. The summed E-state index contributed by atoms with van der Waals surface area (Å²) >= 11 is 0. The van der Waals surface area contributed by atoms with Gasteiger partial charge in [0.25, 0.3) is 5.91 Å². The zero-order valence-corrected chi connectivity index (χ0v) is 13.0. The van der Waals surface area contributed by atoms with Crippen molar-refractivity contribution >= 4 is 17.6 Å². The largest absolute Gasteiger partial charge is 0.452 e. The molecule has 2 aromatic rings. The number of anilines is 1. The van der Waals surface area contributed by atoms with E-state index in [9.17, 15) is 9.59 Å². The molecule has 0 aromatic heterocycles. The molecule has 2 aromatic carbocycles. The molecule has 0 aliphatic rings. The fourth-order valence-corrected chi connectivity index (χ4v) is 1.92. The van der Waals surface area contributed by atoms with Crippen molar-refractivity contribution in [3.05, 3.63) is 64.7 Å². The lowest BCUT2D eigenvalue weighted by Crippen LogP contribution is -2.21. The molecule has 0 aliphatic carbocycles. The molecule has 22 heavy (non-hydrogen) atoms. The van der Waals surface area contributed by atoms with Gasteiger partial charge in [-0.15, -0.1) is 0 Å². The molecule has 0 bridgehead atoms. The van der Waals surface area contributed by atoms with Crippen molar-refractivity contribution in [3.63, 3.8) is 0 Å². The highest BCUT2D eigenvalue weighted by molar-refractivity contribution is 5.95. The minimum atomic E-state index is -0.504. The summed E-state index contributed by atoms with van der Waals surface area (Å²) in [4.78, 5) is 23.6. The van der Waals surface area contributed by atoms with Crippen LogP contribution in [0.25, 0.3) is 0 Å². The van der Waals surface area contributed by atoms with Crippen LogP contribution >= 0.6 is 0 Å². The van der Waals surface area contributed by atoms with Crippen LogP contribution in [0.3, 0.4) is 0 Å². The second-order valence-corrected chi connectivity index (χ2v) is 5.29. The highest BCUT2D eigenvalue weighted by Gasteiger charge is 2.10. The van der Waals surface area contributed by atoms with Crippen molar-refractivity contribution in [2.45, 2.75) is 20.8 Å². The molecule has 0 heterocycles. The van der Waals surface area contributed by atoms with E-state index < -0.39 is 5.97 Å². The number of hydrogen-bond acceptors (Lipinski definition) is 3. The average molecular weight is 297 g/mol. The summed E-state index contributed by atoms with van der Waals surface area (Å²) in [5.74, 6) is -0.862. The monoisotopic (exact) mass is 297 g/mol. The van der Waals surface area contributed by atoms with Crippen LogP contribution in [0.15, 0.2) is 42.5 Å². The summed E-state index contributed by atoms with van der Waals surface area (Å²) in [5.41, 5.74) is 4.44. The molecule has 0 saturated heterocycles. The van der Waals surface area contributed by atoms with Crippen LogP contribution in [0.5, 0.6) is 0 Å². The third-order valence-electron chi connectivity index (χ3n) is 3.41. The highest BCUT2D eigenvalue weighted by Crippen LogP contribution is 2.14. The first-order chi connectivity index (χ1) is 10.5. The summed E-state index contributed by atoms with van der Waals surface area (Å²) in [6.45, 7) is 5.61. The molecule has 0 aliphatic heterocycles. The summed E-state index contributed by atoms with van der Waals surface area (Å²) in [5, 5.41) is 2.71. The zero-order valence-electron chi connectivity index (χ0n) is 13.0. The predicted molar refractivity (Wildman–Crippen MR) is 86.0 cm³/mol. The Morgan fingerprint density at radius 3 is 2.27 bits per heavy atom. The van der Waals surface area contributed by atoms with Gasteiger partial charge in [-0.05, 0) is 56.2 Å². The maximum Gasteiger partial charge on any atom is 0.338 e. The summed E-state index contributed by atoms with van der Waals surface area (Å²) < 4.78 is 5.00. The van der Waals surface area contributed by atoms with E-state index in [2.05, 4.69) is 5.32 Å². The van der Waals surface area contributed by atoms with Gasteiger partial charge in [0, 0.05) is 5.69 Å². The number of benzene rings is 2. The van der Waals surface area contributed by atoms with Gasteiger partial charge in [0.15, 0.2) is 6.61 Å². The second-order valence-electron chi connectivity index (χ2n) is 5.29. The number of amides is 1. The Bertz CT molecular complexity index is 690. The van der Waals surface area contributed by atoms with Crippen LogP contribution in [0, 0.1) is 20.8 Å². The topological polar surface area (TPSA) is 55.4 Å². The third-order valence-corrected chi connectivity index (χ3v) is 3.41. The van der Waals surface area contributed by atoms with Crippen molar-refractivity contribution in [2.24, 2.45) is 0 Å². The number of esters is 1. The van der Waals surface area contributed by atoms with E-state index in [-0.39, 0.29) is 12.5 Å². The van der Waals surface area contributed by atoms with Crippen molar-refractivity contribution in [1.29, 1.82) is 0 Å². The van der Waals surface area contributed by atoms with Crippen molar-refractivity contribution in [3.8, 4) is 0 Å². The van der Waals surface area contributed by atoms with E-state index in [4.69, 9.17) is 4.74 Å². The molecule has 1 N–H and O–H groups in total. The van der Waals surface area contributed by atoms with Crippen molar-refractivity contribution < 1.29 is 14.3 Å². The number of ether oxygens (including phenoxy) is 1. The molecule has 2 rings (SSSR count). The maximum absolute atomic E-state index is 11.8. The van der Waals surface area contributed by atoms with E-state index in [0.717, 1.165) is 16.7 Å². The maximum atomic E-state index is 11.8. The zero-order chi connectivity index (χ0) is 16.1. The van der Waals surface area contributed by atoms with E-state index in [1.54, 1.807) is 12.1 Å². The first-order valence-corrected chi connectivity index (χ1v) is 7.06. The highest BCUT2D eigenvalue weighted by atomic mass is 16.5. The standard InChI is InChI=1S/C18H19NO3/c1-12-4-7-15(8-5-12)18(21)22-11-17(20)19-16-9-6-13(2)14(3)10-16/h4-10H,11H2,1-3H3,(H,19,20). The number of hydrogen-bond donors (Lipinski definition) is 1. The van der Waals surface area contributed by atoms with Gasteiger partial charge in [0.1, 0.15) is 0 Å². The van der Waals surface area contributed by atoms with Crippen LogP contribution < -0.4 is 5.32 Å². The van der Waals surface area contributed by atoms with Gasteiger partial charge in [-0.3, -0.25) is 4.79 Å². The fraction of sp³-hybridized carbons (Fsp3) is 0.222. The Labute approximate surface area is 130 Å². The van der Waals surface area contributed by atoms with E-state index in [1.165, 1.54) is 0 Å². The molecular weight excluding hydrogens is 278 g/mol. The third kappa shape index (κ3) is 4.19. The molecule has 4 nitrogen and oxygen atoms in total. The summed E-state index contributed by atoms with van der Waals surface area (Å²) in [6, 6.07) is 12.6. The smallest absolute Gasteiger partial charge is 0.338 e. The number of rotatable bonds is 4. The van der Waals surface area contributed by atoms with Gasteiger partial charge >= 0.3 is 5.97 Å². The fourth-order valence-electron chi connectivity index (χ4n) is 1.92. The molecule has 0 spiro atoms. The SMILES string of the molecule is Cc1ccc(C(=O)OCC(=O)Nc2ccc(C)c(C)c2)cc1. The molecule has 0 fully saturated rings. The van der Waals surface area contributed by atoms with Gasteiger partial charge in [0.05, 0.1) is 5.56 Å². The lowest BCUT2D eigenvalue weighted by atomic mass is 10.1. The van der Waals surface area contributed by atoms with Crippen molar-refractivity contribution in [1.82, 2.24) is 0 Å². The van der Waals surface area contributed by atoms with Gasteiger partial charge in [-0.1, -0.05) is 23.8 Å². The number of aryl methyl sites for hydroxylation is 3. The minimum absolute atomic E-state index is 0.306. The van der Waals surface area contributed by atoms with Crippen LogP contribution in [0.2, 0.25) is 0 Å². The normalized spacial score (nSPS) is 10.1. The van der Waals surface area contributed by atoms with Gasteiger partial charge in [0.2, 0.25) is 0 Å². The Kier molecular flexibility index (Phi) is 4.94. The van der Waals surface area contributed by atoms with Gasteiger partial charge < -0.3 is 10.1 Å². The van der Waals surface area contributed by atoms with Gasteiger partial charge in [-0.25, -0.2) is 4.79 Å². The second kappa shape index (κ2) is 6.89. The molecule has 0 atom stereocenters. The molecule has 1 amide bonds. The first-order valence-electron chi connectivity index (χ1n) is 7.06. The lowest BCUT2D eigenvalue weighted by molar-refractivity contribution is -0.119. The number of nitrogens with one attached hydrogen (secondary N) is 1. The van der Waals surface area contributed by atoms with Gasteiger partial charge in [-0.2, -0.15) is 0 Å². The Morgan fingerprint density at radius 1 is 0.955 bits per heavy atom. The van der Waals surface area contributed by atoms with Crippen molar-refractivity contribution in [2.75, 3.05) is 11.9 Å². The molecule has 114 valence electrons. The molecule has 0 radical (unpaired) electrons. The van der Waals surface area contributed by atoms with E-state index in [0.29, 0.717) is 11.3 Å². The lowest BCUT2D eigenvalue weighted by Gasteiger charge is -2.08. The molecule has 0 unspecified atom stereocenters. The van der Waals surface area contributed by atoms with E-state index in [1.807, 2.05) is 51.1 Å². The van der Waals surface area contributed by atoms with Crippen LogP contribution in [-0.2, 0) is 9.53 Å². The van der Waals surface area contributed by atoms with Crippen LogP contribution in [0.1, 0.15) is 27.0 Å². The Morgan fingerprint density at radius 2 is 1.64 bits per heavy atom. The number of carbonyl (C=O) groups is 2. The average Bonchev–Trinajstić information content (AvgIpc) is 2.49. The van der Waals surface area contributed by atoms with Crippen LogP contribution in [-0.4, -0.2) is 18.5 Å². The predicted octanol–water partition coefficient (Wildman–Crippen LogP) is 3.41. The Balaban J connectivity index is 1.88. The van der Waals surface area contributed by atoms with Crippen LogP contribution in [0.4, 0.5) is 5.69 Å². The Hall–Kier alpha value is -2.62.